The van der Waals surface area contributed by atoms with Crippen LogP contribution in [-0.2, 0) is 4.74 Å². The summed E-state index contributed by atoms with van der Waals surface area (Å²) in [7, 11) is 0. The number of aliphatic hydroxyl groups excluding tert-OH is 2. The highest BCUT2D eigenvalue weighted by Crippen LogP contribution is 2.34. The number of ether oxygens (including phenoxy) is 1. The third kappa shape index (κ3) is 4.93. The van der Waals surface area contributed by atoms with Crippen LogP contribution in [0.25, 0.3) is 0 Å². The third-order valence-electron chi connectivity index (χ3n) is 2.63. The molecule has 1 atom stereocenters. The number of hydrogen-bond acceptors (Lipinski definition) is 4. The predicted molar refractivity (Wildman–Crippen MR) is 58.7 cm³/mol. The van der Waals surface area contributed by atoms with Gasteiger partial charge in [-0.05, 0) is 18.8 Å². The maximum absolute atomic E-state index is 9.58. The van der Waals surface area contributed by atoms with Crippen LogP contribution in [0.3, 0.4) is 0 Å². The Morgan fingerprint density at radius 1 is 1.33 bits per heavy atom. The molecule has 0 heterocycles. The molecule has 1 aliphatic carbocycles. The standard InChI is InChI=1S/C11H23NO3/c1-9(2)6-15-7-10(14)5-12-11(8-13)3-4-11/h9-10,12-14H,3-8H2,1-2H3. The van der Waals surface area contributed by atoms with Crippen LogP contribution in [0.2, 0.25) is 0 Å². The van der Waals surface area contributed by atoms with Gasteiger partial charge in [0.05, 0.1) is 19.3 Å². The average molecular weight is 217 g/mol. The molecule has 1 aliphatic rings. The minimum absolute atomic E-state index is 0.0982. The van der Waals surface area contributed by atoms with E-state index in [1.54, 1.807) is 0 Å². The second-order valence-corrected chi connectivity index (χ2v) is 4.90. The van der Waals surface area contributed by atoms with Crippen LogP contribution >= 0.6 is 0 Å². The molecule has 0 radical (unpaired) electrons. The Bertz CT molecular complexity index is 181. The van der Waals surface area contributed by atoms with Gasteiger partial charge in [-0.3, -0.25) is 0 Å². The van der Waals surface area contributed by atoms with Crippen LogP contribution in [0.4, 0.5) is 0 Å². The molecule has 0 spiro atoms. The molecule has 1 rings (SSSR count). The summed E-state index contributed by atoms with van der Waals surface area (Å²) >= 11 is 0. The second kappa shape index (κ2) is 5.80. The molecule has 15 heavy (non-hydrogen) atoms. The monoisotopic (exact) mass is 217 g/mol. The summed E-state index contributed by atoms with van der Waals surface area (Å²) in [6, 6.07) is 0. The lowest BCUT2D eigenvalue weighted by molar-refractivity contribution is 0.0234. The van der Waals surface area contributed by atoms with Crippen molar-refractivity contribution in [2.24, 2.45) is 5.92 Å². The van der Waals surface area contributed by atoms with Gasteiger partial charge in [-0.15, -0.1) is 0 Å². The molecular weight excluding hydrogens is 194 g/mol. The van der Waals surface area contributed by atoms with E-state index in [0.29, 0.717) is 25.7 Å². The molecule has 0 aromatic rings. The molecule has 0 aliphatic heterocycles. The summed E-state index contributed by atoms with van der Waals surface area (Å²) in [4.78, 5) is 0. The van der Waals surface area contributed by atoms with Crippen molar-refractivity contribution in [1.29, 1.82) is 0 Å². The normalized spacial score (nSPS) is 20.6. The van der Waals surface area contributed by atoms with E-state index in [1.807, 2.05) is 0 Å². The zero-order valence-corrected chi connectivity index (χ0v) is 9.70. The van der Waals surface area contributed by atoms with Crippen molar-refractivity contribution in [3.8, 4) is 0 Å². The van der Waals surface area contributed by atoms with E-state index in [0.717, 1.165) is 12.8 Å². The van der Waals surface area contributed by atoms with Crippen molar-refractivity contribution in [1.82, 2.24) is 5.32 Å². The first-order valence-electron chi connectivity index (χ1n) is 5.70. The Morgan fingerprint density at radius 3 is 2.47 bits per heavy atom. The zero-order chi connectivity index (χ0) is 11.3. The van der Waals surface area contributed by atoms with Crippen molar-refractivity contribution in [2.45, 2.75) is 38.3 Å². The number of hydrogen-bond donors (Lipinski definition) is 3. The van der Waals surface area contributed by atoms with E-state index in [9.17, 15) is 5.11 Å². The topological polar surface area (TPSA) is 61.7 Å². The lowest BCUT2D eigenvalue weighted by Gasteiger charge is -2.18. The van der Waals surface area contributed by atoms with Gasteiger partial charge in [0.15, 0.2) is 0 Å². The van der Waals surface area contributed by atoms with Crippen LogP contribution in [0.15, 0.2) is 0 Å². The van der Waals surface area contributed by atoms with E-state index < -0.39 is 6.10 Å². The minimum atomic E-state index is -0.479. The Kier molecular flexibility index (Phi) is 4.99. The second-order valence-electron chi connectivity index (χ2n) is 4.90. The first kappa shape index (κ1) is 12.9. The van der Waals surface area contributed by atoms with Crippen molar-refractivity contribution < 1.29 is 14.9 Å². The van der Waals surface area contributed by atoms with E-state index >= 15 is 0 Å². The summed E-state index contributed by atoms with van der Waals surface area (Å²) in [5.74, 6) is 0.498. The maximum atomic E-state index is 9.58. The number of β-amino-alcohol motifs (C(OH)–C–C–N with tert-alkyl or cyclic N) is 1. The SMILES string of the molecule is CC(C)COCC(O)CNC1(CO)CC1. The van der Waals surface area contributed by atoms with Crippen LogP contribution in [-0.4, -0.2) is 48.2 Å². The quantitative estimate of drug-likeness (QED) is 0.541. The van der Waals surface area contributed by atoms with Gasteiger partial charge in [-0.2, -0.15) is 0 Å². The smallest absolute Gasteiger partial charge is 0.0897 e. The van der Waals surface area contributed by atoms with Crippen LogP contribution in [0, 0.1) is 5.92 Å². The molecule has 0 aromatic heterocycles. The lowest BCUT2D eigenvalue weighted by Crippen LogP contribution is -2.41. The molecule has 1 unspecified atom stereocenters. The molecular formula is C11H23NO3. The highest BCUT2D eigenvalue weighted by Gasteiger charge is 2.41. The summed E-state index contributed by atoms with van der Waals surface area (Å²) in [5.41, 5.74) is -0.0982. The molecule has 0 saturated heterocycles. The van der Waals surface area contributed by atoms with Gasteiger partial charge in [-0.1, -0.05) is 13.8 Å². The third-order valence-corrected chi connectivity index (χ3v) is 2.63. The van der Waals surface area contributed by atoms with Crippen molar-refractivity contribution in [2.75, 3.05) is 26.4 Å². The molecule has 3 N–H and O–H groups in total. The van der Waals surface area contributed by atoms with Crippen LogP contribution in [0.5, 0.6) is 0 Å². The van der Waals surface area contributed by atoms with Gasteiger partial charge in [0.1, 0.15) is 0 Å². The van der Waals surface area contributed by atoms with E-state index in [-0.39, 0.29) is 12.1 Å². The molecule has 0 amide bonds. The van der Waals surface area contributed by atoms with Crippen LogP contribution < -0.4 is 5.32 Å². The highest BCUT2D eigenvalue weighted by molar-refractivity contribution is 5.01. The summed E-state index contributed by atoms with van der Waals surface area (Å²) in [5, 5.41) is 21.8. The number of aliphatic hydroxyl groups is 2. The van der Waals surface area contributed by atoms with E-state index in [2.05, 4.69) is 19.2 Å². The number of nitrogens with one attached hydrogen (secondary N) is 1. The predicted octanol–water partition coefficient (Wildman–Crippen LogP) is 0.134. The Morgan fingerprint density at radius 2 is 2.00 bits per heavy atom. The van der Waals surface area contributed by atoms with E-state index in [1.165, 1.54) is 0 Å². The van der Waals surface area contributed by atoms with Gasteiger partial charge >= 0.3 is 0 Å². The molecule has 4 heteroatoms. The van der Waals surface area contributed by atoms with Gasteiger partial charge in [-0.25, -0.2) is 0 Å². The maximum Gasteiger partial charge on any atom is 0.0897 e. The molecule has 0 bridgehead atoms. The summed E-state index contributed by atoms with van der Waals surface area (Å²) in [6.45, 7) is 5.87. The fraction of sp³-hybridized carbons (Fsp3) is 1.00. The summed E-state index contributed by atoms with van der Waals surface area (Å²) in [6.07, 6.45) is 1.53. The largest absolute Gasteiger partial charge is 0.394 e. The molecule has 1 saturated carbocycles. The van der Waals surface area contributed by atoms with Gasteiger partial charge in [0, 0.05) is 18.7 Å². The van der Waals surface area contributed by atoms with Crippen molar-refractivity contribution >= 4 is 0 Å². The molecule has 4 nitrogen and oxygen atoms in total. The number of rotatable bonds is 8. The Labute approximate surface area is 91.6 Å². The van der Waals surface area contributed by atoms with Gasteiger partial charge in [0.25, 0.3) is 0 Å². The lowest BCUT2D eigenvalue weighted by atomic mass is 10.2. The fourth-order valence-corrected chi connectivity index (χ4v) is 1.37. The zero-order valence-electron chi connectivity index (χ0n) is 9.70. The molecule has 0 aromatic carbocycles. The van der Waals surface area contributed by atoms with Gasteiger partial charge < -0.3 is 20.3 Å². The van der Waals surface area contributed by atoms with Crippen LogP contribution in [0.1, 0.15) is 26.7 Å². The van der Waals surface area contributed by atoms with Crippen molar-refractivity contribution in [3.05, 3.63) is 0 Å². The molecule has 90 valence electrons. The Balaban J connectivity index is 2.01. The van der Waals surface area contributed by atoms with Crippen molar-refractivity contribution in [3.63, 3.8) is 0 Å². The highest BCUT2D eigenvalue weighted by atomic mass is 16.5. The average Bonchev–Trinajstić information content (AvgIpc) is 2.95. The summed E-state index contributed by atoms with van der Waals surface area (Å²) < 4.78 is 5.32. The first-order chi connectivity index (χ1) is 7.08. The van der Waals surface area contributed by atoms with Gasteiger partial charge in [0.2, 0.25) is 0 Å². The molecule has 1 fully saturated rings. The fourth-order valence-electron chi connectivity index (χ4n) is 1.37. The first-order valence-corrected chi connectivity index (χ1v) is 5.70. The van der Waals surface area contributed by atoms with E-state index in [4.69, 9.17) is 9.84 Å². The minimum Gasteiger partial charge on any atom is -0.394 e. The Hall–Kier alpha value is -0.160.